The van der Waals surface area contributed by atoms with Gasteiger partial charge in [-0.15, -0.1) is 0 Å². The lowest BCUT2D eigenvalue weighted by molar-refractivity contribution is 0.0493. The van der Waals surface area contributed by atoms with Gasteiger partial charge in [0.25, 0.3) is 5.91 Å². The molecule has 1 unspecified atom stereocenters. The van der Waals surface area contributed by atoms with Crippen LogP contribution in [0.4, 0.5) is 0 Å². The molecular formula is C20H25N3O3. The fourth-order valence-electron chi connectivity index (χ4n) is 4.00. The first-order valence-electron chi connectivity index (χ1n) is 9.41. The van der Waals surface area contributed by atoms with E-state index in [4.69, 9.17) is 4.52 Å². The minimum atomic E-state index is -0.136. The lowest BCUT2D eigenvalue weighted by Crippen LogP contribution is -2.45. The molecule has 1 N–H and O–H groups in total. The molecule has 0 bridgehead atoms. The number of rotatable bonds is 4. The first-order valence-corrected chi connectivity index (χ1v) is 9.41. The molecule has 26 heavy (non-hydrogen) atoms. The zero-order valence-corrected chi connectivity index (χ0v) is 14.9. The fourth-order valence-corrected chi connectivity index (χ4v) is 4.00. The molecule has 0 spiro atoms. The van der Waals surface area contributed by atoms with E-state index in [2.05, 4.69) is 34.3 Å². The van der Waals surface area contributed by atoms with Crippen molar-refractivity contribution in [2.45, 2.75) is 44.8 Å². The predicted molar refractivity (Wildman–Crippen MR) is 96.5 cm³/mol. The summed E-state index contributed by atoms with van der Waals surface area (Å²) in [6, 6.07) is 10.2. The van der Waals surface area contributed by atoms with Crippen LogP contribution in [-0.2, 0) is 19.5 Å². The first kappa shape index (κ1) is 17.2. The van der Waals surface area contributed by atoms with Crippen LogP contribution in [0, 0.1) is 0 Å². The van der Waals surface area contributed by atoms with Crippen molar-refractivity contribution in [1.82, 2.24) is 15.0 Å². The van der Waals surface area contributed by atoms with E-state index >= 15 is 0 Å². The van der Waals surface area contributed by atoms with Crippen molar-refractivity contribution in [3.8, 4) is 0 Å². The van der Waals surface area contributed by atoms with Crippen LogP contribution in [0.2, 0.25) is 0 Å². The number of amides is 1. The van der Waals surface area contributed by atoms with Gasteiger partial charge in [0, 0.05) is 25.7 Å². The minimum absolute atomic E-state index is 0.00361. The molecule has 3 heterocycles. The SMILES string of the molecule is O=C(c1cc(CN2CCc3ccccc3C2)on1)N1CCCCC1CO. The Kier molecular flexibility index (Phi) is 5.04. The van der Waals surface area contributed by atoms with Crippen LogP contribution in [0.1, 0.15) is 46.6 Å². The summed E-state index contributed by atoms with van der Waals surface area (Å²) in [6.45, 7) is 3.19. The summed E-state index contributed by atoms with van der Waals surface area (Å²) in [7, 11) is 0. The number of carbonyl (C=O) groups excluding carboxylic acids is 1. The van der Waals surface area contributed by atoms with Crippen LogP contribution < -0.4 is 0 Å². The Balaban J connectivity index is 1.41. The Labute approximate surface area is 153 Å². The summed E-state index contributed by atoms with van der Waals surface area (Å²) in [5.41, 5.74) is 3.11. The molecule has 2 aliphatic heterocycles. The second kappa shape index (κ2) is 7.60. The molecule has 138 valence electrons. The number of carbonyl (C=O) groups is 1. The third-order valence-electron chi connectivity index (χ3n) is 5.47. The van der Waals surface area contributed by atoms with E-state index in [9.17, 15) is 9.90 Å². The largest absolute Gasteiger partial charge is 0.394 e. The van der Waals surface area contributed by atoms with E-state index in [1.807, 2.05) is 0 Å². The van der Waals surface area contributed by atoms with E-state index in [-0.39, 0.29) is 18.6 Å². The van der Waals surface area contributed by atoms with Gasteiger partial charge in [-0.1, -0.05) is 29.4 Å². The van der Waals surface area contributed by atoms with Crippen LogP contribution in [0.3, 0.4) is 0 Å². The molecule has 2 aliphatic rings. The molecule has 0 saturated carbocycles. The lowest BCUT2D eigenvalue weighted by atomic mass is 10.00. The maximum absolute atomic E-state index is 12.7. The van der Waals surface area contributed by atoms with E-state index in [0.717, 1.165) is 38.8 Å². The number of hydrogen-bond acceptors (Lipinski definition) is 5. The number of nitrogens with zero attached hydrogens (tertiary/aromatic N) is 3. The monoisotopic (exact) mass is 355 g/mol. The van der Waals surface area contributed by atoms with Gasteiger partial charge in [0.05, 0.1) is 19.2 Å². The Morgan fingerprint density at radius 2 is 2.08 bits per heavy atom. The van der Waals surface area contributed by atoms with Crippen LogP contribution in [0.15, 0.2) is 34.9 Å². The van der Waals surface area contributed by atoms with Gasteiger partial charge in [0.2, 0.25) is 0 Å². The molecule has 1 aromatic carbocycles. The van der Waals surface area contributed by atoms with Gasteiger partial charge in [-0.2, -0.15) is 0 Å². The third-order valence-corrected chi connectivity index (χ3v) is 5.47. The van der Waals surface area contributed by atoms with Crippen molar-refractivity contribution in [1.29, 1.82) is 0 Å². The summed E-state index contributed by atoms with van der Waals surface area (Å²) in [5, 5.41) is 13.5. The molecule has 6 nitrogen and oxygen atoms in total. The van der Waals surface area contributed by atoms with Crippen LogP contribution in [0.5, 0.6) is 0 Å². The highest BCUT2D eigenvalue weighted by molar-refractivity contribution is 5.92. The zero-order chi connectivity index (χ0) is 17.9. The molecule has 0 radical (unpaired) electrons. The number of likely N-dealkylation sites (tertiary alicyclic amines) is 1. The third kappa shape index (κ3) is 3.52. The van der Waals surface area contributed by atoms with Crippen LogP contribution in [-0.4, -0.2) is 51.7 Å². The van der Waals surface area contributed by atoms with E-state index in [0.29, 0.717) is 24.5 Å². The summed E-state index contributed by atoms with van der Waals surface area (Å²) in [4.78, 5) is 16.8. The average molecular weight is 355 g/mol. The van der Waals surface area contributed by atoms with Crippen molar-refractivity contribution in [3.05, 3.63) is 52.9 Å². The smallest absolute Gasteiger partial charge is 0.276 e. The second-order valence-electron chi connectivity index (χ2n) is 7.24. The first-order chi connectivity index (χ1) is 12.7. The number of hydrogen-bond donors (Lipinski definition) is 1. The van der Waals surface area contributed by atoms with Gasteiger partial charge in [-0.25, -0.2) is 0 Å². The highest BCUT2D eigenvalue weighted by Gasteiger charge is 2.29. The van der Waals surface area contributed by atoms with E-state index < -0.39 is 0 Å². The van der Waals surface area contributed by atoms with Gasteiger partial charge in [-0.05, 0) is 36.8 Å². The molecule has 1 atom stereocenters. The summed E-state index contributed by atoms with van der Waals surface area (Å²) in [5.74, 6) is 0.577. The van der Waals surface area contributed by atoms with Crippen molar-refractivity contribution in [2.75, 3.05) is 19.7 Å². The Morgan fingerprint density at radius 1 is 1.23 bits per heavy atom. The van der Waals surface area contributed by atoms with Gasteiger partial charge < -0.3 is 14.5 Å². The normalized spacial score (nSPS) is 20.8. The van der Waals surface area contributed by atoms with Gasteiger partial charge in [0.15, 0.2) is 11.5 Å². The average Bonchev–Trinajstić information content (AvgIpc) is 3.15. The molecule has 1 saturated heterocycles. The summed E-state index contributed by atoms with van der Waals surface area (Å²) < 4.78 is 5.43. The standard InChI is InChI=1S/C20H25N3O3/c24-14-17-7-3-4-9-23(17)20(25)19-11-18(26-21-19)13-22-10-8-15-5-1-2-6-16(15)12-22/h1-2,5-6,11,17,24H,3-4,7-10,12-14H2. The highest BCUT2D eigenvalue weighted by atomic mass is 16.5. The molecular weight excluding hydrogens is 330 g/mol. The number of piperidine rings is 1. The number of aliphatic hydroxyl groups excluding tert-OH is 1. The molecule has 0 aliphatic carbocycles. The molecule has 1 fully saturated rings. The topological polar surface area (TPSA) is 69.8 Å². The second-order valence-corrected chi connectivity index (χ2v) is 7.24. The highest BCUT2D eigenvalue weighted by Crippen LogP contribution is 2.22. The van der Waals surface area contributed by atoms with Crippen molar-refractivity contribution in [3.63, 3.8) is 0 Å². The summed E-state index contributed by atoms with van der Waals surface area (Å²) in [6.07, 6.45) is 3.90. The predicted octanol–water partition coefficient (Wildman–Crippen LogP) is 2.22. The molecule has 4 rings (SSSR count). The Morgan fingerprint density at radius 3 is 2.92 bits per heavy atom. The number of benzene rings is 1. The van der Waals surface area contributed by atoms with Crippen molar-refractivity contribution in [2.24, 2.45) is 0 Å². The van der Waals surface area contributed by atoms with E-state index in [1.165, 1.54) is 11.1 Å². The van der Waals surface area contributed by atoms with Crippen LogP contribution in [0.25, 0.3) is 0 Å². The van der Waals surface area contributed by atoms with Crippen molar-refractivity contribution >= 4 is 5.91 Å². The van der Waals surface area contributed by atoms with Gasteiger partial charge in [0.1, 0.15) is 0 Å². The molecule has 6 heteroatoms. The molecule has 1 aromatic heterocycles. The number of aromatic nitrogens is 1. The Bertz CT molecular complexity index is 773. The van der Waals surface area contributed by atoms with Gasteiger partial charge in [-0.3, -0.25) is 9.69 Å². The maximum atomic E-state index is 12.7. The summed E-state index contributed by atoms with van der Waals surface area (Å²) >= 11 is 0. The molecule has 1 amide bonds. The number of fused-ring (bicyclic) bond motifs is 1. The van der Waals surface area contributed by atoms with E-state index in [1.54, 1.807) is 11.0 Å². The van der Waals surface area contributed by atoms with Gasteiger partial charge >= 0.3 is 0 Å². The maximum Gasteiger partial charge on any atom is 0.276 e. The van der Waals surface area contributed by atoms with Crippen molar-refractivity contribution < 1.29 is 14.4 Å². The lowest BCUT2D eigenvalue weighted by Gasteiger charge is -2.33. The Hall–Kier alpha value is -2.18. The quantitative estimate of drug-likeness (QED) is 0.911. The number of aliphatic hydroxyl groups is 1. The van der Waals surface area contributed by atoms with Crippen LogP contribution >= 0.6 is 0 Å². The minimum Gasteiger partial charge on any atom is -0.394 e. The fraction of sp³-hybridized carbons (Fsp3) is 0.500. The zero-order valence-electron chi connectivity index (χ0n) is 14.9. The molecule has 2 aromatic rings.